The van der Waals surface area contributed by atoms with E-state index in [2.05, 4.69) is 17.6 Å². The molecule has 1 aromatic carbocycles. The number of anilines is 1. The Kier molecular flexibility index (Phi) is 8.20. The Labute approximate surface area is 144 Å². The quantitative estimate of drug-likeness (QED) is 0.834. The maximum absolute atomic E-state index is 12.3. The molecule has 5 nitrogen and oxygen atoms in total. The van der Waals surface area contributed by atoms with E-state index in [-0.39, 0.29) is 18.3 Å². The van der Waals surface area contributed by atoms with Gasteiger partial charge >= 0.3 is 0 Å². The van der Waals surface area contributed by atoms with Crippen LogP contribution in [0.2, 0.25) is 0 Å². The van der Waals surface area contributed by atoms with E-state index >= 15 is 0 Å². The topological polar surface area (TPSA) is 59.6 Å². The highest BCUT2D eigenvalue weighted by molar-refractivity contribution is 5.91. The zero-order valence-corrected chi connectivity index (χ0v) is 14.9. The number of piperidine rings is 1. The van der Waals surface area contributed by atoms with Crippen molar-refractivity contribution in [1.29, 1.82) is 0 Å². The van der Waals surface area contributed by atoms with Gasteiger partial charge in [0.15, 0.2) is 0 Å². The third-order valence-corrected chi connectivity index (χ3v) is 4.28. The molecule has 1 aliphatic heterocycles. The van der Waals surface area contributed by atoms with Crippen molar-refractivity contribution in [2.24, 2.45) is 11.8 Å². The maximum Gasteiger partial charge on any atom is 0.224 e. The monoisotopic (exact) mass is 342 g/mol. The minimum atomic E-state index is 0. The van der Waals surface area contributed by atoms with Gasteiger partial charge in [0.1, 0.15) is 11.5 Å². The van der Waals surface area contributed by atoms with Crippen molar-refractivity contribution in [3.05, 3.63) is 18.2 Å². The van der Waals surface area contributed by atoms with Crippen LogP contribution in [0.15, 0.2) is 18.2 Å². The highest BCUT2D eigenvalue weighted by Crippen LogP contribution is 2.27. The summed E-state index contributed by atoms with van der Waals surface area (Å²) in [4.78, 5) is 12.3. The Bertz CT molecular complexity index is 482. The minimum absolute atomic E-state index is 0. The predicted molar refractivity (Wildman–Crippen MR) is 94.8 cm³/mol. The lowest BCUT2D eigenvalue weighted by molar-refractivity contribution is -0.117. The first-order valence-electron chi connectivity index (χ1n) is 7.86. The maximum atomic E-state index is 12.3. The van der Waals surface area contributed by atoms with E-state index in [1.54, 1.807) is 32.4 Å². The van der Waals surface area contributed by atoms with Gasteiger partial charge in [0.05, 0.1) is 14.2 Å². The highest BCUT2D eigenvalue weighted by Gasteiger charge is 2.22. The molecule has 0 radical (unpaired) electrons. The number of hydrogen-bond acceptors (Lipinski definition) is 4. The molecule has 130 valence electrons. The van der Waals surface area contributed by atoms with Crippen molar-refractivity contribution in [2.75, 3.05) is 32.6 Å². The van der Waals surface area contributed by atoms with E-state index in [1.807, 2.05) is 0 Å². The molecule has 1 heterocycles. The summed E-state index contributed by atoms with van der Waals surface area (Å²) in [7, 11) is 3.19. The van der Waals surface area contributed by atoms with Gasteiger partial charge in [-0.1, -0.05) is 6.92 Å². The summed E-state index contributed by atoms with van der Waals surface area (Å²) < 4.78 is 10.4. The average Bonchev–Trinajstić information content (AvgIpc) is 2.55. The van der Waals surface area contributed by atoms with E-state index in [1.165, 1.54) is 12.8 Å². The summed E-state index contributed by atoms with van der Waals surface area (Å²) in [5.74, 6) is 2.33. The molecule has 2 N–H and O–H groups in total. The molecule has 0 aromatic heterocycles. The number of carbonyl (C=O) groups is 1. The summed E-state index contributed by atoms with van der Waals surface area (Å²) in [6.07, 6.45) is 2.93. The lowest BCUT2D eigenvalue weighted by atomic mass is 9.85. The van der Waals surface area contributed by atoms with Crippen molar-refractivity contribution < 1.29 is 14.3 Å². The van der Waals surface area contributed by atoms with Crippen LogP contribution in [0.1, 0.15) is 26.2 Å². The number of methoxy groups -OCH3 is 2. The highest BCUT2D eigenvalue weighted by atomic mass is 35.5. The first-order valence-corrected chi connectivity index (χ1v) is 7.86. The van der Waals surface area contributed by atoms with Gasteiger partial charge in [0.2, 0.25) is 5.91 Å². The van der Waals surface area contributed by atoms with E-state index in [9.17, 15) is 4.79 Å². The molecule has 0 bridgehead atoms. The molecule has 23 heavy (non-hydrogen) atoms. The van der Waals surface area contributed by atoms with Crippen molar-refractivity contribution in [3.63, 3.8) is 0 Å². The second kappa shape index (κ2) is 9.63. The van der Waals surface area contributed by atoms with Gasteiger partial charge in [0, 0.05) is 30.3 Å². The van der Waals surface area contributed by atoms with Gasteiger partial charge in [-0.15, -0.1) is 12.4 Å². The van der Waals surface area contributed by atoms with Gasteiger partial charge in [-0.05, 0) is 37.8 Å². The molecule has 6 heteroatoms. The summed E-state index contributed by atoms with van der Waals surface area (Å²) >= 11 is 0. The van der Waals surface area contributed by atoms with Crippen LogP contribution in [-0.4, -0.2) is 33.2 Å². The number of amides is 1. The molecule has 1 fully saturated rings. The summed E-state index contributed by atoms with van der Waals surface area (Å²) in [5.41, 5.74) is 0.704. The predicted octanol–water partition coefficient (Wildman–Crippen LogP) is 3.09. The Balaban J connectivity index is 0.00000264. The summed E-state index contributed by atoms with van der Waals surface area (Å²) in [6.45, 7) is 4.27. The Morgan fingerprint density at radius 1 is 1.30 bits per heavy atom. The Morgan fingerprint density at radius 3 is 2.48 bits per heavy atom. The lowest BCUT2D eigenvalue weighted by Gasteiger charge is -2.28. The molecular weight excluding hydrogens is 316 g/mol. The van der Waals surface area contributed by atoms with Gasteiger partial charge in [-0.3, -0.25) is 4.79 Å². The second-order valence-corrected chi connectivity index (χ2v) is 5.94. The van der Waals surface area contributed by atoms with Crippen molar-refractivity contribution >= 4 is 24.0 Å². The van der Waals surface area contributed by atoms with Crippen molar-refractivity contribution in [2.45, 2.75) is 26.2 Å². The number of nitrogens with one attached hydrogen (secondary N) is 2. The SMILES string of the molecule is COc1cc(NC(=O)CC(C)C2CCCNC2)cc(OC)c1.Cl. The van der Waals surface area contributed by atoms with Crippen LogP contribution >= 0.6 is 12.4 Å². The molecular formula is C17H27ClN2O3. The first kappa shape index (κ1) is 19.6. The molecule has 0 spiro atoms. The number of ether oxygens (including phenoxy) is 2. The van der Waals surface area contributed by atoms with Crippen LogP contribution in [-0.2, 0) is 4.79 Å². The molecule has 1 aromatic rings. The molecule has 1 saturated heterocycles. The second-order valence-electron chi connectivity index (χ2n) is 5.94. The third-order valence-electron chi connectivity index (χ3n) is 4.28. The number of rotatable bonds is 6. The van der Waals surface area contributed by atoms with Crippen LogP contribution in [0.25, 0.3) is 0 Å². The van der Waals surface area contributed by atoms with Gasteiger partial charge < -0.3 is 20.1 Å². The van der Waals surface area contributed by atoms with Gasteiger partial charge in [-0.2, -0.15) is 0 Å². The molecule has 1 aliphatic rings. The largest absolute Gasteiger partial charge is 0.497 e. The van der Waals surface area contributed by atoms with Gasteiger partial charge in [-0.25, -0.2) is 0 Å². The average molecular weight is 343 g/mol. The smallest absolute Gasteiger partial charge is 0.224 e. The Hall–Kier alpha value is -1.46. The molecule has 1 amide bonds. The number of halogens is 1. The van der Waals surface area contributed by atoms with Crippen LogP contribution in [0.4, 0.5) is 5.69 Å². The molecule has 2 atom stereocenters. The van der Waals surface area contributed by atoms with Gasteiger partial charge in [0.25, 0.3) is 0 Å². The van der Waals surface area contributed by atoms with Crippen LogP contribution in [0.3, 0.4) is 0 Å². The third kappa shape index (κ3) is 5.92. The minimum Gasteiger partial charge on any atom is -0.497 e. The molecule has 0 saturated carbocycles. The summed E-state index contributed by atoms with van der Waals surface area (Å²) in [5, 5.41) is 6.35. The fraction of sp³-hybridized carbons (Fsp3) is 0.588. The number of carbonyl (C=O) groups excluding carboxylic acids is 1. The number of benzene rings is 1. The van der Waals surface area contributed by atoms with E-state index in [0.29, 0.717) is 35.4 Å². The van der Waals surface area contributed by atoms with Crippen LogP contribution < -0.4 is 20.1 Å². The number of hydrogen-bond donors (Lipinski definition) is 2. The van der Waals surface area contributed by atoms with Crippen molar-refractivity contribution in [1.82, 2.24) is 5.32 Å². The van der Waals surface area contributed by atoms with Crippen molar-refractivity contribution in [3.8, 4) is 11.5 Å². The normalized spacial score (nSPS) is 18.5. The fourth-order valence-corrected chi connectivity index (χ4v) is 2.92. The fourth-order valence-electron chi connectivity index (χ4n) is 2.92. The zero-order valence-electron chi connectivity index (χ0n) is 14.1. The summed E-state index contributed by atoms with van der Waals surface area (Å²) in [6, 6.07) is 5.38. The van der Waals surface area contributed by atoms with E-state index in [0.717, 1.165) is 13.1 Å². The standard InChI is InChI=1S/C17H26N2O3.ClH/c1-12(13-5-4-6-18-11-13)7-17(20)19-14-8-15(21-2)10-16(9-14)22-3;/h8-10,12-13,18H,4-7,11H2,1-3H3,(H,19,20);1H. The van der Waals surface area contributed by atoms with E-state index in [4.69, 9.17) is 9.47 Å². The zero-order chi connectivity index (χ0) is 15.9. The lowest BCUT2D eigenvalue weighted by Crippen LogP contribution is -2.34. The molecule has 2 rings (SSSR count). The first-order chi connectivity index (χ1) is 10.6. The molecule has 0 aliphatic carbocycles. The Morgan fingerprint density at radius 2 is 1.96 bits per heavy atom. The molecule has 2 unspecified atom stereocenters. The van der Waals surface area contributed by atoms with Crippen LogP contribution in [0, 0.1) is 11.8 Å². The van der Waals surface area contributed by atoms with Crippen LogP contribution in [0.5, 0.6) is 11.5 Å². The van der Waals surface area contributed by atoms with E-state index < -0.39 is 0 Å².